The Kier molecular flexibility index (Phi) is 7.23. The molecule has 0 spiro atoms. The molecule has 0 aromatic heterocycles. The maximum absolute atomic E-state index is 12.0. The van der Waals surface area contributed by atoms with Gasteiger partial charge in [0.25, 0.3) is 16.0 Å². The van der Waals surface area contributed by atoms with Crippen molar-refractivity contribution in [3.63, 3.8) is 0 Å². The smallest absolute Gasteiger partial charge is 0.294 e. The average molecular weight is 430 g/mol. The summed E-state index contributed by atoms with van der Waals surface area (Å²) in [6.45, 7) is 0. The molecule has 3 aromatic rings. The zero-order valence-electron chi connectivity index (χ0n) is 16.1. The summed E-state index contributed by atoms with van der Waals surface area (Å²) in [6.07, 6.45) is 0. The van der Waals surface area contributed by atoms with Gasteiger partial charge in [0, 0.05) is 28.7 Å². The third-order valence-corrected chi connectivity index (χ3v) is 4.65. The van der Waals surface area contributed by atoms with Crippen molar-refractivity contribution >= 4 is 38.8 Å². The number of anilines is 4. The molecule has 8 N–H and O–H groups in total. The van der Waals surface area contributed by atoms with Crippen LogP contribution in [0.4, 0.5) is 22.7 Å². The topological polar surface area (TPSA) is 171 Å². The molecule has 0 bridgehead atoms. The Morgan fingerprint density at radius 2 is 1.50 bits per heavy atom. The van der Waals surface area contributed by atoms with Crippen LogP contribution in [-0.4, -0.2) is 26.0 Å². The first kappa shape index (κ1) is 22.5. The molecule has 0 aliphatic heterocycles. The number of carbonyl (C=O) groups is 1. The molecular formula is C20H22N4O5S. The molecule has 0 radical (unpaired) electrons. The van der Waals surface area contributed by atoms with E-state index in [9.17, 15) is 13.2 Å². The molecule has 158 valence electrons. The minimum absolute atomic E-state index is 0.183. The highest BCUT2D eigenvalue weighted by Crippen LogP contribution is 2.27. The SMILES string of the molecule is COc1cc(N)ccc1NC(=O)c1ccc(N)cc1.Nc1cccc(S(=O)(=O)O)c1. The summed E-state index contributed by atoms with van der Waals surface area (Å²) >= 11 is 0. The predicted octanol–water partition coefficient (Wildman–Crippen LogP) is 2.63. The van der Waals surface area contributed by atoms with Gasteiger partial charge in [0.15, 0.2) is 0 Å². The molecule has 0 saturated carbocycles. The first-order valence-corrected chi connectivity index (χ1v) is 9.97. The summed E-state index contributed by atoms with van der Waals surface area (Å²) in [4.78, 5) is 11.9. The maximum atomic E-state index is 12.0. The van der Waals surface area contributed by atoms with E-state index in [0.29, 0.717) is 34.1 Å². The van der Waals surface area contributed by atoms with Crippen LogP contribution in [0.15, 0.2) is 71.6 Å². The number of hydrogen-bond acceptors (Lipinski definition) is 7. The van der Waals surface area contributed by atoms with Crippen molar-refractivity contribution in [2.45, 2.75) is 4.90 Å². The zero-order chi connectivity index (χ0) is 22.3. The van der Waals surface area contributed by atoms with E-state index in [4.69, 9.17) is 26.5 Å². The number of hydrogen-bond donors (Lipinski definition) is 5. The summed E-state index contributed by atoms with van der Waals surface area (Å²) in [6, 6.07) is 17.2. The Morgan fingerprint density at radius 3 is 2.03 bits per heavy atom. The van der Waals surface area contributed by atoms with Crippen LogP contribution in [0, 0.1) is 0 Å². The lowest BCUT2D eigenvalue weighted by molar-refractivity contribution is 0.102. The van der Waals surface area contributed by atoms with Gasteiger partial charge in [0.05, 0.1) is 17.7 Å². The largest absolute Gasteiger partial charge is 0.494 e. The molecule has 0 aliphatic rings. The van der Waals surface area contributed by atoms with E-state index in [-0.39, 0.29) is 10.8 Å². The number of nitrogens with one attached hydrogen (secondary N) is 1. The van der Waals surface area contributed by atoms with E-state index < -0.39 is 10.1 Å². The lowest BCUT2D eigenvalue weighted by Crippen LogP contribution is -2.12. The van der Waals surface area contributed by atoms with Gasteiger partial charge in [-0.1, -0.05) is 6.07 Å². The molecule has 0 heterocycles. The van der Waals surface area contributed by atoms with Crippen LogP contribution in [0.2, 0.25) is 0 Å². The molecule has 0 fully saturated rings. The zero-order valence-corrected chi connectivity index (χ0v) is 16.9. The molecule has 9 nitrogen and oxygen atoms in total. The molecule has 0 atom stereocenters. The second-order valence-electron chi connectivity index (χ2n) is 6.08. The fraction of sp³-hybridized carbons (Fsp3) is 0.0500. The Balaban J connectivity index is 0.000000248. The molecule has 30 heavy (non-hydrogen) atoms. The quantitative estimate of drug-likeness (QED) is 0.310. The maximum Gasteiger partial charge on any atom is 0.294 e. The Hall–Kier alpha value is -3.76. The molecule has 0 aliphatic carbocycles. The number of carbonyl (C=O) groups excluding carboxylic acids is 1. The van der Waals surface area contributed by atoms with Crippen LogP contribution < -0.4 is 27.3 Å². The van der Waals surface area contributed by atoms with Gasteiger partial charge in [-0.15, -0.1) is 0 Å². The van der Waals surface area contributed by atoms with E-state index in [1.165, 1.54) is 31.4 Å². The Labute approximate surface area is 174 Å². The molecule has 10 heteroatoms. The summed E-state index contributed by atoms with van der Waals surface area (Å²) < 4.78 is 34.7. The summed E-state index contributed by atoms with van der Waals surface area (Å²) in [5.41, 5.74) is 19.1. The summed E-state index contributed by atoms with van der Waals surface area (Å²) in [5.74, 6) is 0.284. The van der Waals surface area contributed by atoms with Crippen LogP contribution in [0.1, 0.15) is 10.4 Å². The van der Waals surface area contributed by atoms with E-state index in [1.54, 1.807) is 42.5 Å². The minimum atomic E-state index is -4.11. The number of methoxy groups -OCH3 is 1. The second kappa shape index (κ2) is 9.63. The van der Waals surface area contributed by atoms with Gasteiger partial charge in [-0.3, -0.25) is 9.35 Å². The second-order valence-corrected chi connectivity index (χ2v) is 7.50. The average Bonchev–Trinajstić information content (AvgIpc) is 2.69. The van der Waals surface area contributed by atoms with Crippen LogP contribution in [0.25, 0.3) is 0 Å². The van der Waals surface area contributed by atoms with Crippen molar-refractivity contribution in [1.29, 1.82) is 0 Å². The standard InChI is InChI=1S/C14H15N3O2.C6H7NO3S/c1-19-13-8-11(16)6-7-12(13)17-14(18)9-2-4-10(15)5-3-9;7-5-2-1-3-6(4-5)11(8,9)10/h2-8H,15-16H2,1H3,(H,17,18);1-4H,7H2,(H,8,9,10). The highest BCUT2D eigenvalue weighted by atomic mass is 32.2. The van der Waals surface area contributed by atoms with Gasteiger partial charge in [0.1, 0.15) is 5.75 Å². The van der Waals surface area contributed by atoms with Gasteiger partial charge >= 0.3 is 0 Å². The van der Waals surface area contributed by atoms with Gasteiger partial charge in [0.2, 0.25) is 0 Å². The fourth-order valence-corrected chi connectivity index (χ4v) is 2.85. The van der Waals surface area contributed by atoms with Gasteiger partial charge in [-0.2, -0.15) is 8.42 Å². The molecule has 0 unspecified atom stereocenters. The van der Waals surface area contributed by atoms with Gasteiger partial charge < -0.3 is 27.3 Å². The van der Waals surface area contributed by atoms with E-state index in [1.807, 2.05) is 0 Å². The molecule has 1 amide bonds. The third-order valence-electron chi connectivity index (χ3n) is 3.80. The lowest BCUT2D eigenvalue weighted by atomic mass is 10.2. The molecule has 0 saturated heterocycles. The first-order chi connectivity index (χ1) is 14.1. The Bertz CT molecular complexity index is 1130. The van der Waals surface area contributed by atoms with E-state index in [0.717, 1.165) is 0 Å². The molecule has 3 rings (SSSR count). The van der Waals surface area contributed by atoms with Crippen molar-refractivity contribution in [1.82, 2.24) is 0 Å². The Morgan fingerprint density at radius 1 is 0.900 bits per heavy atom. The molecular weight excluding hydrogens is 408 g/mol. The minimum Gasteiger partial charge on any atom is -0.494 e. The predicted molar refractivity (Wildman–Crippen MR) is 117 cm³/mol. The van der Waals surface area contributed by atoms with E-state index >= 15 is 0 Å². The highest BCUT2D eigenvalue weighted by Gasteiger charge is 2.10. The van der Waals surface area contributed by atoms with Crippen molar-refractivity contribution in [2.75, 3.05) is 29.6 Å². The third kappa shape index (κ3) is 6.40. The summed E-state index contributed by atoms with van der Waals surface area (Å²) in [7, 11) is -2.58. The number of nitrogens with two attached hydrogens (primary N) is 3. The van der Waals surface area contributed by atoms with Crippen molar-refractivity contribution in [3.05, 3.63) is 72.3 Å². The fourth-order valence-electron chi connectivity index (χ4n) is 2.32. The monoisotopic (exact) mass is 430 g/mol. The highest BCUT2D eigenvalue weighted by molar-refractivity contribution is 7.85. The van der Waals surface area contributed by atoms with Gasteiger partial charge in [-0.05, 0) is 54.6 Å². The van der Waals surface area contributed by atoms with Crippen LogP contribution in [-0.2, 0) is 10.1 Å². The number of ether oxygens (including phenoxy) is 1. The van der Waals surface area contributed by atoms with Crippen LogP contribution in [0.5, 0.6) is 5.75 Å². The lowest BCUT2D eigenvalue weighted by Gasteiger charge is -2.10. The van der Waals surface area contributed by atoms with Crippen molar-refractivity contribution in [2.24, 2.45) is 0 Å². The van der Waals surface area contributed by atoms with Crippen molar-refractivity contribution in [3.8, 4) is 5.75 Å². The van der Waals surface area contributed by atoms with Crippen LogP contribution >= 0.6 is 0 Å². The number of benzene rings is 3. The van der Waals surface area contributed by atoms with E-state index in [2.05, 4.69) is 5.32 Å². The van der Waals surface area contributed by atoms with Crippen molar-refractivity contribution < 1.29 is 22.5 Å². The normalized spacial score (nSPS) is 10.5. The molecule has 3 aromatic carbocycles. The van der Waals surface area contributed by atoms with Crippen LogP contribution in [0.3, 0.4) is 0 Å². The van der Waals surface area contributed by atoms with Gasteiger partial charge in [-0.25, -0.2) is 0 Å². The number of amides is 1. The first-order valence-electron chi connectivity index (χ1n) is 8.53. The summed E-state index contributed by atoms with van der Waals surface area (Å²) in [5, 5.41) is 2.76. The number of nitrogen functional groups attached to an aromatic ring is 3. The number of rotatable bonds is 4.